The number of imidazole rings is 1. The molecule has 0 unspecified atom stereocenters. The van der Waals surface area contributed by atoms with Crippen LogP contribution in [0, 0.1) is 0 Å². The number of amides is 3. The van der Waals surface area contributed by atoms with Crippen molar-refractivity contribution in [3.63, 3.8) is 0 Å². The third-order valence-electron chi connectivity index (χ3n) is 4.08. The highest BCUT2D eigenvalue weighted by Gasteiger charge is 2.31. The molecule has 1 aliphatic heterocycles. The van der Waals surface area contributed by atoms with Gasteiger partial charge in [0.2, 0.25) is 11.8 Å². The summed E-state index contributed by atoms with van der Waals surface area (Å²) >= 11 is 0.892. The Morgan fingerprint density at radius 1 is 1.12 bits per heavy atom. The van der Waals surface area contributed by atoms with Crippen molar-refractivity contribution in [2.24, 2.45) is 0 Å². The molecule has 1 aromatic heterocycles. The Labute approximate surface area is 147 Å². The van der Waals surface area contributed by atoms with Crippen molar-refractivity contribution in [2.75, 3.05) is 17.6 Å². The molecule has 0 atom stereocenters. The second kappa shape index (κ2) is 6.75. The fourth-order valence-electron chi connectivity index (χ4n) is 2.89. The van der Waals surface area contributed by atoms with Gasteiger partial charge in [-0.3, -0.25) is 28.4 Å². The molecule has 1 saturated heterocycles. The predicted molar refractivity (Wildman–Crippen MR) is 95.7 cm³/mol. The Morgan fingerprint density at radius 3 is 2.40 bits per heavy atom. The number of nitrogens with one attached hydrogen (secondary N) is 1. The highest BCUT2D eigenvalue weighted by molar-refractivity contribution is 8.14. The zero-order valence-electron chi connectivity index (χ0n) is 13.9. The van der Waals surface area contributed by atoms with Crippen LogP contribution in [0.2, 0.25) is 0 Å². The predicted octanol–water partition coefficient (Wildman–Crippen LogP) is 1.48. The molecule has 1 aliphatic rings. The fraction of sp³-hybridized carbons (Fsp3) is 0.375. The van der Waals surface area contributed by atoms with E-state index in [1.165, 1.54) is 0 Å². The Bertz CT molecular complexity index is 914. The van der Waals surface area contributed by atoms with Crippen LogP contribution in [0.5, 0.6) is 0 Å². The number of thioether (sulfide) groups is 1. The first kappa shape index (κ1) is 17.3. The van der Waals surface area contributed by atoms with Gasteiger partial charge in [-0.15, -0.1) is 0 Å². The number of carbonyl (C=O) groups excluding carboxylic acids is 3. The van der Waals surface area contributed by atoms with Crippen LogP contribution in [0.1, 0.15) is 13.8 Å². The third kappa shape index (κ3) is 3.07. The van der Waals surface area contributed by atoms with Gasteiger partial charge in [-0.25, -0.2) is 4.79 Å². The van der Waals surface area contributed by atoms with Crippen LogP contribution >= 0.6 is 11.8 Å². The summed E-state index contributed by atoms with van der Waals surface area (Å²) in [5.74, 6) is -0.741. The molecule has 0 saturated carbocycles. The number of fused-ring (bicyclic) bond motifs is 1. The lowest BCUT2D eigenvalue weighted by molar-refractivity contribution is -0.128. The van der Waals surface area contributed by atoms with Crippen LogP contribution < -0.4 is 11.0 Å². The standard InChI is InChI=1S/C16H18N4O4S/c1-3-18-11-6-5-10(7-12(11)19(4-2)15(18)23)17-13(21)8-20-14(22)9-25-16(20)24/h5-7H,3-4,8-9H2,1-2H3,(H,17,21). The number of hydrogen-bond acceptors (Lipinski definition) is 5. The largest absolute Gasteiger partial charge is 0.329 e. The summed E-state index contributed by atoms with van der Waals surface area (Å²) in [6.45, 7) is 4.56. The third-order valence-corrected chi connectivity index (χ3v) is 4.94. The summed E-state index contributed by atoms with van der Waals surface area (Å²) in [6.07, 6.45) is 0. The van der Waals surface area contributed by atoms with Gasteiger partial charge < -0.3 is 5.32 Å². The average molecular weight is 362 g/mol. The van der Waals surface area contributed by atoms with Crippen molar-refractivity contribution in [1.29, 1.82) is 0 Å². The van der Waals surface area contributed by atoms with Crippen LogP contribution in [-0.4, -0.2) is 43.4 Å². The molecule has 0 spiro atoms. The summed E-state index contributed by atoms with van der Waals surface area (Å²) in [7, 11) is 0. The number of anilines is 1. The first-order valence-corrected chi connectivity index (χ1v) is 8.94. The van der Waals surface area contributed by atoms with Gasteiger partial charge >= 0.3 is 5.69 Å². The van der Waals surface area contributed by atoms with E-state index in [4.69, 9.17) is 0 Å². The van der Waals surface area contributed by atoms with Gasteiger partial charge in [0, 0.05) is 18.8 Å². The summed E-state index contributed by atoms with van der Waals surface area (Å²) < 4.78 is 3.31. The minimum Gasteiger partial charge on any atom is -0.324 e. The number of carbonyl (C=O) groups is 3. The lowest BCUT2D eigenvalue weighted by Gasteiger charge is -2.12. The van der Waals surface area contributed by atoms with Gasteiger partial charge in [-0.05, 0) is 32.0 Å². The highest BCUT2D eigenvalue weighted by atomic mass is 32.2. The van der Waals surface area contributed by atoms with Gasteiger partial charge in [-0.1, -0.05) is 11.8 Å². The molecule has 0 bridgehead atoms. The van der Waals surface area contributed by atoms with Crippen LogP contribution in [0.4, 0.5) is 10.5 Å². The maximum absolute atomic E-state index is 12.3. The van der Waals surface area contributed by atoms with Gasteiger partial charge in [-0.2, -0.15) is 0 Å². The summed E-state index contributed by atoms with van der Waals surface area (Å²) in [4.78, 5) is 48.5. The molecule has 25 heavy (non-hydrogen) atoms. The summed E-state index contributed by atoms with van der Waals surface area (Å²) in [5, 5.41) is 2.27. The van der Waals surface area contributed by atoms with Crippen molar-refractivity contribution in [2.45, 2.75) is 26.9 Å². The molecule has 1 aromatic carbocycles. The van der Waals surface area contributed by atoms with Gasteiger partial charge in [0.05, 0.1) is 16.8 Å². The topological polar surface area (TPSA) is 93.4 Å². The number of rotatable bonds is 5. The van der Waals surface area contributed by atoms with Crippen LogP contribution in [0.15, 0.2) is 23.0 Å². The average Bonchev–Trinajstić information content (AvgIpc) is 3.04. The smallest absolute Gasteiger partial charge is 0.324 e. The highest BCUT2D eigenvalue weighted by Crippen LogP contribution is 2.20. The minimum absolute atomic E-state index is 0.0748. The molecule has 0 aliphatic carbocycles. The second-order valence-corrected chi connectivity index (χ2v) is 6.48. The van der Waals surface area contributed by atoms with Crippen LogP contribution in [0.25, 0.3) is 11.0 Å². The van der Waals surface area contributed by atoms with Crippen molar-refractivity contribution in [3.8, 4) is 0 Å². The van der Waals surface area contributed by atoms with Gasteiger partial charge in [0.1, 0.15) is 6.54 Å². The number of imide groups is 1. The van der Waals surface area contributed by atoms with Crippen molar-refractivity contribution < 1.29 is 14.4 Å². The van der Waals surface area contributed by atoms with E-state index in [0.29, 0.717) is 18.8 Å². The maximum Gasteiger partial charge on any atom is 0.329 e. The normalized spacial score (nSPS) is 14.6. The molecule has 3 amide bonds. The number of aryl methyl sites for hydroxylation is 2. The second-order valence-electron chi connectivity index (χ2n) is 5.56. The molecule has 132 valence electrons. The van der Waals surface area contributed by atoms with Crippen molar-refractivity contribution in [3.05, 3.63) is 28.7 Å². The monoisotopic (exact) mass is 362 g/mol. The van der Waals surface area contributed by atoms with Crippen LogP contribution in [-0.2, 0) is 22.7 Å². The molecule has 0 radical (unpaired) electrons. The summed E-state index contributed by atoms with van der Waals surface area (Å²) in [5.41, 5.74) is 1.96. The molecule has 8 nitrogen and oxygen atoms in total. The van der Waals surface area contributed by atoms with E-state index >= 15 is 0 Å². The van der Waals surface area contributed by atoms with E-state index in [-0.39, 0.29) is 23.9 Å². The van der Waals surface area contributed by atoms with Crippen LogP contribution in [0.3, 0.4) is 0 Å². The quantitative estimate of drug-likeness (QED) is 0.869. The molecule has 3 rings (SSSR count). The van der Waals surface area contributed by atoms with Gasteiger partial charge in [0.25, 0.3) is 5.24 Å². The molecular weight excluding hydrogens is 344 g/mol. The van der Waals surface area contributed by atoms with Gasteiger partial charge in [0.15, 0.2) is 0 Å². The van der Waals surface area contributed by atoms with E-state index in [9.17, 15) is 19.2 Å². The zero-order valence-corrected chi connectivity index (χ0v) is 14.8. The Kier molecular flexibility index (Phi) is 4.67. The number of hydrogen-bond donors (Lipinski definition) is 1. The van der Waals surface area contributed by atoms with E-state index in [0.717, 1.165) is 27.7 Å². The molecule has 2 heterocycles. The SMILES string of the molecule is CCn1c(=O)n(CC)c2cc(NC(=O)CN3C(=O)CSC3=O)ccc21. The van der Waals surface area contributed by atoms with E-state index in [2.05, 4.69) is 5.32 Å². The maximum atomic E-state index is 12.3. The lowest BCUT2D eigenvalue weighted by atomic mass is 10.2. The lowest BCUT2D eigenvalue weighted by Crippen LogP contribution is -2.36. The molecular formula is C16H18N4O4S. The van der Waals surface area contributed by atoms with E-state index < -0.39 is 11.1 Å². The van der Waals surface area contributed by atoms with Crippen molar-refractivity contribution in [1.82, 2.24) is 14.0 Å². The zero-order chi connectivity index (χ0) is 18.1. The Hall–Kier alpha value is -2.55. The molecule has 1 N–H and O–H groups in total. The van der Waals surface area contributed by atoms with E-state index in [1.54, 1.807) is 27.3 Å². The summed E-state index contributed by atoms with van der Waals surface area (Å²) in [6, 6.07) is 5.21. The fourth-order valence-corrected chi connectivity index (χ4v) is 3.61. The first-order valence-electron chi connectivity index (χ1n) is 7.96. The first-order chi connectivity index (χ1) is 12.0. The number of benzene rings is 1. The van der Waals surface area contributed by atoms with Crippen molar-refractivity contribution >= 4 is 45.5 Å². The molecule has 1 fully saturated rings. The van der Waals surface area contributed by atoms with E-state index in [1.807, 2.05) is 13.8 Å². The Morgan fingerprint density at radius 2 is 1.80 bits per heavy atom. The molecule has 9 heteroatoms. The number of nitrogens with zero attached hydrogens (tertiary/aromatic N) is 3. The molecule has 2 aromatic rings. The Balaban J connectivity index is 1.84. The number of aromatic nitrogens is 2. The minimum atomic E-state index is -0.455.